The second kappa shape index (κ2) is 8.21. The third-order valence-corrected chi connectivity index (χ3v) is 4.05. The molecule has 0 saturated heterocycles. The number of phenolic OH excluding ortho intramolecular Hbond substituents is 1. The summed E-state index contributed by atoms with van der Waals surface area (Å²) in [6.45, 7) is 7.90. The van der Waals surface area contributed by atoms with E-state index in [1.165, 1.54) is 6.20 Å². The lowest BCUT2D eigenvalue weighted by Crippen LogP contribution is -2.17. The first-order valence-corrected chi connectivity index (χ1v) is 8.40. The van der Waals surface area contributed by atoms with Crippen LogP contribution in [-0.2, 0) is 4.79 Å². The van der Waals surface area contributed by atoms with Gasteiger partial charge in [-0.15, -0.1) is 0 Å². The third-order valence-electron chi connectivity index (χ3n) is 4.05. The first kappa shape index (κ1) is 19.1. The number of hydrogen-bond donors (Lipinski definition) is 3. The minimum absolute atomic E-state index is 0.0468. The molecular weight excluding hydrogens is 326 g/mol. The normalized spacial score (nSPS) is 11.2. The Balaban J connectivity index is 2.25. The van der Waals surface area contributed by atoms with Crippen molar-refractivity contribution in [1.29, 1.82) is 5.26 Å². The summed E-state index contributed by atoms with van der Waals surface area (Å²) in [5, 5.41) is 24.9. The summed E-state index contributed by atoms with van der Waals surface area (Å²) in [5.41, 5.74) is 3.98. The van der Waals surface area contributed by atoms with E-state index in [4.69, 9.17) is 0 Å². The molecule has 0 aromatic heterocycles. The Morgan fingerprint density at radius 2 is 1.96 bits per heavy atom. The number of nitrogens with zero attached hydrogens (tertiary/aromatic N) is 1. The Kier molecular flexibility index (Phi) is 6.03. The molecular formula is C21H23N3O2. The zero-order valence-corrected chi connectivity index (χ0v) is 15.4. The Morgan fingerprint density at radius 1 is 1.23 bits per heavy atom. The van der Waals surface area contributed by atoms with Crippen molar-refractivity contribution in [2.75, 3.05) is 10.6 Å². The Hall–Kier alpha value is -3.26. The second-order valence-corrected chi connectivity index (χ2v) is 6.48. The van der Waals surface area contributed by atoms with Crippen molar-refractivity contribution >= 4 is 17.3 Å². The summed E-state index contributed by atoms with van der Waals surface area (Å²) in [6, 6.07) is 12.8. The van der Waals surface area contributed by atoms with Gasteiger partial charge in [0.1, 0.15) is 17.4 Å². The van der Waals surface area contributed by atoms with Gasteiger partial charge in [-0.05, 0) is 48.6 Å². The van der Waals surface area contributed by atoms with Gasteiger partial charge in [0.05, 0.1) is 5.69 Å². The van der Waals surface area contributed by atoms with Crippen molar-refractivity contribution in [3.05, 3.63) is 64.9 Å². The van der Waals surface area contributed by atoms with Crippen molar-refractivity contribution in [3.8, 4) is 11.8 Å². The molecule has 2 aromatic carbocycles. The first-order chi connectivity index (χ1) is 12.3. The number of rotatable bonds is 5. The number of para-hydroxylation sites is 1. The number of benzene rings is 2. The topological polar surface area (TPSA) is 85.2 Å². The molecule has 2 rings (SSSR count). The molecule has 2 aromatic rings. The molecule has 26 heavy (non-hydrogen) atoms. The minimum atomic E-state index is -0.497. The number of carbonyl (C=O) groups is 1. The average molecular weight is 349 g/mol. The molecule has 0 aliphatic heterocycles. The van der Waals surface area contributed by atoms with Crippen molar-refractivity contribution in [2.45, 2.75) is 33.6 Å². The van der Waals surface area contributed by atoms with Crippen LogP contribution >= 0.6 is 0 Å². The van der Waals surface area contributed by atoms with E-state index < -0.39 is 5.91 Å². The molecule has 3 N–H and O–H groups in total. The fourth-order valence-corrected chi connectivity index (χ4v) is 2.59. The smallest absolute Gasteiger partial charge is 0.267 e. The van der Waals surface area contributed by atoms with E-state index in [0.717, 1.165) is 22.4 Å². The van der Waals surface area contributed by atoms with Crippen LogP contribution < -0.4 is 10.6 Å². The first-order valence-electron chi connectivity index (χ1n) is 8.40. The number of carbonyl (C=O) groups excluding carboxylic acids is 1. The third kappa shape index (κ3) is 4.42. The second-order valence-electron chi connectivity index (χ2n) is 6.48. The van der Waals surface area contributed by atoms with Crippen LogP contribution in [0, 0.1) is 25.2 Å². The van der Waals surface area contributed by atoms with Gasteiger partial charge in [-0.25, -0.2) is 0 Å². The fraction of sp³-hybridized carbons (Fsp3) is 0.238. The van der Waals surface area contributed by atoms with Gasteiger partial charge in [0, 0.05) is 11.9 Å². The van der Waals surface area contributed by atoms with Gasteiger partial charge < -0.3 is 15.7 Å². The van der Waals surface area contributed by atoms with Gasteiger partial charge in [0.25, 0.3) is 5.91 Å². The van der Waals surface area contributed by atoms with Crippen LogP contribution in [0.2, 0.25) is 0 Å². The van der Waals surface area contributed by atoms with Gasteiger partial charge in [0.15, 0.2) is 0 Å². The number of nitriles is 1. The predicted molar refractivity (Wildman–Crippen MR) is 104 cm³/mol. The molecule has 0 aliphatic carbocycles. The van der Waals surface area contributed by atoms with Crippen molar-refractivity contribution < 1.29 is 9.90 Å². The number of aryl methyl sites for hydroxylation is 2. The lowest BCUT2D eigenvalue weighted by molar-refractivity contribution is -0.112. The predicted octanol–water partition coefficient (Wildman–Crippen LogP) is 4.59. The van der Waals surface area contributed by atoms with Gasteiger partial charge in [-0.1, -0.05) is 38.1 Å². The van der Waals surface area contributed by atoms with Crippen LogP contribution in [-0.4, -0.2) is 11.0 Å². The van der Waals surface area contributed by atoms with Crippen LogP contribution in [0.25, 0.3) is 0 Å². The molecule has 0 radical (unpaired) electrons. The summed E-state index contributed by atoms with van der Waals surface area (Å²) in [6.07, 6.45) is 1.30. The van der Waals surface area contributed by atoms with Gasteiger partial charge in [-0.2, -0.15) is 5.26 Å². The molecule has 1 amide bonds. The largest absolute Gasteiger partial charge is 0.506 e. The van der Waals surface area contributed by atoms with Gasteiger partial charge in [0.2, 0.25) is 0 Å². The molecule has 0 heterocycles. The van der Waals surface area contributed by atoms with Gasteiger partial charge >= 0.3 is 0 Å². The van der Waals surface area contributed by atoms with Crippen molar-refractivity contribution in [3.63, 3.8) is 0 Å². The molecule has 0 fully saturated rings. The number of anilines is 2. The Labute approximate surface area is 154 Å². The molecule has 0 bridgehead atoms. The highest BCUT2D eigenvalue weighted by Crippen LogP contribution is 2.28. The highest BCUT2D eigenvalue weighted by atomic mass is 16.3. The SMILES string of the molecule is Cc1ccc(O)c(N/C=C(/C#N)C(=O)Nc2c(C)cccc2C(C)C)c1. The number of aromatic hydroxyl groups is 1. The van der Waals surface area contributed by atoms with Crippen LogP contribution in [0.5, 0.6) is 5.75 Å². The lowest BCUT2D eigenvalue weighted by Gasteiger charge is -2.16. The average Bonchev–Trinajstić information content (AvgIpc) is 2.59. The molecule has 5 heteroatoms. The number of phenols is 1. The van der Waals surface area contributed by atoms with E-state index in [1.807, 2.05) is 52.0 Å². The van der Waals surface area contributed by atoms with Gasteiger partial charge in [-0.3, -0.25) is 4.79 Å². The van der Waals surface area contributed by atoms with Crippen molar-refractivity contribution in [2.24, 2.45) is 0 Å². The van der Waals surface area contributed by atoms with E-state index in [0.29, 0.717) is 5.69 Å². The summed E-state index contributed by atoms with van der Waals surface area (Å²) in [4.78, 5) is 12.5. The highest BCUT2D eigenvalue weighted by molar-refractivity contribution is 6.07. The summed E-state index contributed by atoms with van der Waals surface area (Å²) < 4.78 is 0. The zero-order valence-electron chi connectivity index (χ0n) is 15.4. The molecule has 5 nitrogen and oxygen atoms in total. The number of nitrogens with one attached hydrogen (secondary N) is 2. The zero-order chi connectivity index (χ0) is 19.3. The summed E-state index contributed by atoms with van der Waals surface area (Å²) in [7, 11) is 0. The monoisotopic (exact) mass is 349 g/mol. The minimum Gasteiger partial charge on any atom is -0.506 e. The molecule has 0 atom stereocenters. The van der Waals surface area contributed by atoms with Crippen molar-refractivity contribution in [1.82, 2.24) is 0 Å². The standard InChI is InChI=1S/C21H23N3O2/c1-13(2)17-7-5-6-15(4)20(17)24-21(26)16(11-22)12-23-18-10-14(3)8-9-19(18)25/h5-10,12-13,23,25H,1-4H3,(H,24,26)/b16-12-. The van der Waals surface area contributed by atoms with E-state index >= 15 is 0 Å². The van der Waals surface area contributed by atoms with Crippen LogP contribution in [0.1, 0.15) is 36.5 Å². The Bertz CT molecular complexity index is 893. The maximum atomic E-state index is 12.5. The van der Waals surface area contributed by atoms with Crippen LogP contribution in [0.4, 0.5) is 11.4 Å². The fourth-order valence-electron chi connectivity index (χ4n) is 2.59. The Morgan fingerprint density at radius 3 is 2.62 bits per heavy atom. The van der Waals surface area contributed by atoms with E-state index in [9.17, 15) is 15.2 Å². The maximum absolute atomic E-state index is 12.5. The molecule has 0 aliphatic rings. The number of amides is 1. The van der Waals surface area contributed by atoms with E-state index in [1.54, 1.807) is 18.2 Å². The summed E-state index contributed by atoms with van der Waals surface area (Å²) >= 11 is 0. The van der Waals surface area contributed by atoms with Crippen LogP contribution in [0.15, 0.2) is 48.2 Å². The molecule has 0 unspecified atom stereocenters. The van der Waals surface area contributed by atoms with E-state index in [2.05, 4.69) is 10.6 Å². The van der Waals surface area contributed by atoms with E-state index in [-0.39, 0.29) is 17.2 Å². The molecule has 0 saturated carbocycles. The molecule has 0 spiro atoms. The lowest BCUT2D eigenvalue weighted by atomic mass is 9.98. The molecule has 134 valence electrons. The quantitative estimate of drug-likeness (QED) is 0.419. The van der Waals surface area contributed by atoms with Crippen LogP contribution in [0.3, 0.4) is 0 Å². The number of hydrogen-bond acceptors (Lipinski definition) is 4. The highest BCUT2D eigenvalue weighted by Gasteiger charge is 2.15. The summed E-state index contributed by atoms with van der Waals surface area (Å²) in [5.74, 6) is -0.212. The maximum Gasteiger partial charge on any atom is 0.267 e.